The fourth-order valence-electron chi connectivity index (χ4n) is 2.60. The summed E-state index contributed by atoms with van der Waals surface area (Å²) in [7, 11) is 0. The topological polar surface area (TPSA) is 50.8 Å². The Morgan fingerprint density at radius 3 is 2.57 bits per heavy atom. The second-order valence-corrected chi connectivity index (χ2v) is 6.71. The molecule has 0 atom stereocenters. The number of ether oxygens (including phenoxy) is 2. The minimum absolute atomic E-state index is 0.0544. The lowest BCUT2D eigenvalue weighted by Crippen LogP contribution is -2.66. The van der Waals surface area contributed by atoms with Crippen LogP contribution in [0, 0.1) is 5.41 Å². The van der Waals surface area contributed by atoms with E-state index < -0.39 is 5.79 Å². The number of hydrogen-bond acceptors (Lipinski definition) is 3. The van der Waals surface area contributed by atoms with E-state index in [-0.39, 0.29) is 11.4 Å². The number of urea groups is 1. The van der Waals surface area contributed by atoms with Gasteiger partial charge in [0.15, 0.2) is 5.79 Å². The molecule has 0 bridgehead atoms. The van der Waals surface area contributed by atoms with E-state index in [1.54, 1.807) is 23.1 Å². The summed E-state index contributed by atoms with van der Waals surface area (Å²) in [6.07, 6.45) is 0. The Hall–Kier alpha value is -1.30. The zero-order chi connectivity index (χ0) is 15.1. The maximum atomic E-state index is 12.1. The molecule has 2 aliphatic heterocycles. The lowest BCUT2D eigenvalue weighted by atomic mass is 9.81. The summed E-state index contributed by atoms with van der Waals surface area (Å²) in [5.74, 6) is -0.519. The number of carbonyl (C=O) groups excluding carboxylic acids is 1. The number of halogens is 1. The maximum absolute atomic E-state index is 12.1. The molecular weight excluding hydrogens is 292 g/mol. The van der Waals surface area contributed by atoms with Crippen molar-refractivity contribution in [3.05, 3.63) is 29.3 Å². The van der Waals surface area contributed by atoms with E-state index in [2.05, 4.69) is 5.32 Å². The van der Waals surface area contributed by atoms with E-state index in [0.717, 1.165) is 0 Å². The third kappa shape index (κ3) is 3.15. The van der Waals surface area contributed by atoms with Crippen LogP contribution in [0.4, 0.5) is 10.5 Å². The van der Waals surface area contributed by atoms with Crippen molar-refractivity contribution in [2.45, 2.75) is 19.6 Å². The van der Waals surface area contributed by atoms with Crippen LogP contribution in [0.5, 0.6) is 0 Å². The van der Waals surface area contributed by atoms with Gasteiger partial charge in [0, 0.05) is 23.8 Å². The monoisotopic (exact) mass is 310 g/mol. The average molecular weight is 311 g/mol. The van der Waals surface area contributed by atoms with Gasteiger partial charge in [-0.15, -0.1) is 0 Å². The van der Waals surface area contributed by atoms with E-state index in [4.69, 9.17) is 21.1 Å². The first-order valence-corrected chi connectivity index (χ1v) is 7.35. The molecule has 6 heteroatoms. The molecule has 114 valence electrons. The van der Waals surface area contributed by atoms with Crippen LogP contribution < -0.4 is 5.32 Å². The molecule has 0 saturated carbocycles. The van der Waals surface area contributed by atoms with Gasteiger partial charge < -0.3 is 19.7 Å². The Kier molecular flexibility index (Phi) is 3.59. The van der Waals surface area contributed by atoms with Gasteiger partial charge in [-0.2, -0.15) is 0 Å². The Labute approximate surface area is 129 Å². The van der Waals surface area contributed by atoms with E-state index in [1.165, 1.54) is 0 Å². The summed E-state index contributed by atoms with van der Waals surface area (Å²) in [6, 6.07) is 7.00. The highest BCUT2D eigenvalue weighted by molar-refractivity contribution is 6.30. The molecule has 2 fully saturated rings. The molecule has 0 radical (unpaired) electrons. The standard InChI is InChI=1S/C15H19ClN2O3/c1-14(2)20-9-15(10-21-14)7-18(8-15)13(19)17-12-5-3-4-11(16)6-12/h3-6H,7-10H2,1-2H3,(H,17,19). The minimum Gasteiger partial charge on any atom is -0.350 e. The molecular formula is C15H19ClN2O3. The molecule has 21 heavy (non-hydrogen) atoms. The summed E-state index contributed by atoms with van der Waals surface area (Å²) in [5, 5.41) is 3.44. The van der Waals surface area contributed by atoms with Crippen molar-refractivity contribution in [3.63, 3.8) is 0 Å². The first kappa shape index (κ1) is 14.6. The Balaban J connectivity index is 1.53. The summed E-state index contributed by atoms with van der Waals surface area (Å²) in [6.45, 7) is 6.36. The van der Waals surface area contributed by atoms with Gasteiger partial charge in [-0.1, -0.05) is 17.7 Å². The fourth-order valence-corrected chi connectivity index (χ4v) is 2.79. The van der Waals surface area contributed by atoms with Crippen molar-refractivity contribution in [2.75, 3.05) is 31.6 Å². The number of likely N-dealkylation sites (tertiary alicyclic amines) is 1. The molecule has 1 spiro atoms. The van der Waals surface area contributed by atoms with Gasteiger partial charge >= 0.3 is 6.03 Å². The highest BCUT2D eigenvalue weighted by Crippen LogP contribution is 2.37. The highest BCUT2D eigenvalue weighted by Gasteiger charge is 2.50. The quantitative estimate of drug-likeness (QED) is 0.867. The van der Waals surface area contributed by atoms with Crippen LogP contribution in [0.2, 0.25) is 5.02 Å². The second-order valence-electron chi connectivity index (χ2n) is 6.27. The van der Waals surface area contributed by atoms with Crippen LogP contribution in [0.25, 0.3) is 0 Å². The van der Waals surface area contributed by atoms with Gasteiger partial charge in [-0.05, 0) is 32.0 Å². The first-order chi connectivity index (χ1) is 9.88. The van der Waals surface area contributed by atoms with Crippen LogP contribution in [-0.2, 0) is 9.47 Å². The molecule has 3 rings (SSSR count). The number of hydrogen-bond donors (Lipinski definition) is 1. The van der Waals surface area contributed by atoms with Crippen LogP contribution in [0.15, 0.2) is 24.3 Å². The van der Waals surface area contributed by atoms with Gasteiger partial charge in [0.2, 0.25) is 0 Å². The molecule has 2 heterocycles. The second kappa shape index (κ2) is 5.16. The fraction of sp³-hybridized carbons (Fsp3) is 0.533. The number of amides is 2. The smallest absolute Gasteiger partial charge is 0.321 e. The molecule has 2 amide bonds. The molecule has 0 aromatic heterocycles. The van der Waals surface area contributed by atoms with Crippen molar-refractivity contribution in [3.8, 4) is 0 Å². The van der Waals surface area contributed by atoms with Crippen molar-refractivity contribution < 1.29 is 14.3 Å². The zero-order valence-electron chi connectivity index (χ0n) is 12.2. The number of nitrogens with zero attached hydrogens (tertiary/aromatic N) is 1. The lowest BCUT2D eigenvalue weighted by Gasteiger charge is -2.53. The van der Waals surface area contributed by atoms with E-state index in [1.807, 2.05) is 19.9 Å². The molecule has 1 aromatic carbocycles. The van der Waals surface area contributed by atoms with E-state index in [9.17, 15) is 4.79 Å². The highest BCUT2D eigenvalue weighted by atomic mass is 35.5. The first-order valence-electron chi connectivity index (χ1n) is 6.97. The molecule has 0 unspecified atom stereocenters. The predicted octanol–water partition coefficient (Wildman–Crippen LogP) is 2.96. The number of rotatable bonds is 1. The van der Waals surface area contributed by atoms with Crippen LogP contribution in [-0.4, -0.2) is 43.0 Å². The largest absolute Gasteiger partial charge is 0.350 e. The maximum Gasteiger partial charge on any atom is 0.321 e. The van der Waals surface area contributed by atoms with Gasteiger partial charge in [0.25, 0.3) is 0 Å². The zero-order valence-corrected chi connectivity index (χ0v) is 12.9. The number of benzene rings is 1. The summed E-state index contributed by atoms with van der Waals surface area (Å²) in [5.41, 5.74) is 0.645. The number of nitrogens with one attached hydrogen (secondary N) is 1. The molecule has 5 nitrogen and oxygen atoms in total. The third-order valence-electron chi connectivity index (χ3n) is 3.87. The Morgan fingerprint density at radius 2 is 1.95 bits per heavy atom. The normalized spacial score (nSPS) is 22.7. The summed E-state index contributed by atoms with van der Waals surface area (Å²) in [4.78, 5) is 13.9. The van der Waals surface area contributed by atoms with Crippen molar-refractivity contribution >= 4 is 23.3 Å². The van der Waals surface area contributed by atoms with Gasteiger partial charge in [-0.25, -0.2) is 4.79 Å². The molecule has 1 N–H and O–H groups in total. The van der Waals surface area contributed by atoms with Gasteiger partial charge in [0.1, 0.15) is 0 Å². The number of carbonyl (C=O) groups is 1. The molecule has 2 aliphatic rings. The summed E-state index contributed by atoms with van der Waals surface area (Å²) < 4.78 is 11.4. The Morgan fingerprint density at radius 1 is 1.29 bits per heavy atom. The average Bonchev–Trinajstić information content (AvgIpc) is 2.36. The van der Waals surface area contributed by atoms with Crippen LogP contribution >= 0.6 is 11.6 Å². The third-order valence-corrected chi connectivity index (χ3v) is 4.10. The molecule has 2 saturated heterocycles. The van der Waals surface area contributed by atoms with E-state index in [0.29, 0.717) is 37.0 Å². The van der Waals surface area contributed by atoms with E-state index >= 15 is 0 Å². The minimum atomic E-state index is -0.519. The molecule has 1 aromatic rings. The predicted molar refractivity (Wildman–Crippen MR) is 80.5 cm³/mol. The SMILES string of the molecule is CC1(C)OCC2(CO1)CN(C(=O)Nc1cccc(Cl)c1)C2. The summed E-state index contributed by atoms with van der Waals surface area (Å²) >= 11 is 5.90. The van der Waals surface area contributed by atoms with Gasteiger partial charge in [0.05, 0.1) is 18.6 Å². The van der Waals surface area contributed by atoms with Gasteiger partial charge in [-0.3, -0.25) is 0 Å². The van der Waals surface area contributed by atoms with Crippen molar-refractivity contribution in [2.24, 2.45) is 5.41 Å². The van der Waals surface area contributed by atoms with Crippen LogP contribution in [0.1, 0.15) is 13.8 Å². The molecule has 0 aliphatic carbocycles. The van der Waals surface area contributed by atoms with Crippen LogP contribution in [0.3, 0.4) is 0 Å². The number of anilines is 1. The Bertz CT molecular complexity index is 544. The lowest BCUT2D eigenvalue weighted by molar-refractivity contribution is -0.301. The van der Waals surface area contributed by atoms with Crippen molar-refractivity contribution in [1.82, 2.24) is 4.90 Å². The van der Waals surface area contributed by atoms with Crippen molar-refractivity contribution in [1.29, 1.82) is 0 Å².